The predicted molar refractivity (Wildman–Crippen MR) is 90.5 cm³/mol. The van der Waals surface area contributed by atoms with Crippen molar-refractivity contribution in [2.24, 2.45) is 11.8 Å². The summed E-state index contributed by atoms with van der Waals surface area (Å²) < 4.78 is 0. The van der Waals surface area contributed by atoms with E-state index in [9.17, 15) is 0 Å². The molecule has 0 radical (unpaired) electrons. The number of hydrogen-bond acceptors (Lipinski definition) is 0. The minimum Gasteiger partial charge on any atom is -0.0779 e. The van der Waals surface area contributed by atoms with Crippen LogP contribution in [0.4, 0.5) is 0 Å². The molecule has 3 aliphatic carbocycles. The maximum Gasteiger partial charge on any atom is -0.00893 e. The molecule has 1 aromatic rings. The van der Waals surface area contributed by atoms with Crippen molar-refractivity contribution in [3.05, 3.63) is 51.1 Å². The van der Waals surface area contributed by atoms with Gasteiger partial charge in [0.1, 0.15) is 0 Å². The zero-order valence-corrected chi connectivity index (χ0v) is 13.8. The summed E-state index contributed by atoms with van der Waals surface area (Å²) in [6, 6.07) is 2.48. The summed E-state index contributed by atoms with van der Waals surface area (Å²) in [6.07, 6.45) is 8.89. The van der Waals surface area contributed by atoms with Gasteiger partial charge in [0.05, 0.1) is 0 Å². The third-order valence-corrected chi connectivity index (χ3v) is 6.16. The highest BCUT2D eigenvalue weighted by Crippen LogP contribution is 2.52. The molecule has 0 saturated carbocycles. The van der Waals surface area contributed by atoms with Crippen molar-refractivity contribution in [3.8, 4) is 0 Å². The monoisotopic (exact) mass is 278 g/mol. The lowest BCUT2D eigenvalue weighted by atomic mass is 9.63. The zero-order chi connectivity index (χ0) is 14.7. The summed E-state index contributed by atoms with van der Waals surface area (Å²) in [6.45, 7) is 9.41. The van der Waals surface area contributed by atoms with Crippen molar-refractivity contribution < 1.29 is 0 Å². The highest BCUT2D eigenvalue weighted by Gasteiger charge is 2.37. The Kier molecular flexibility index (Phi) is 2.93. The van der Waals surface area contributed by atoms with Gasteiger partial charge < -0.3 is 0 Å². The maximum absolute atomic E-state index is 2.54. The maximum atomic E-state index is 2.54. The summed E-state index contributed by atoms with van der Waals surface area (Å²) in [5, 5.41) is 0. The van der Waals surface area contributed by atoms with Gasteiger partial charge in [0.15, 0.2) is 0 Å². The Hall–Kier alpha value is -1.30. The van der Waals surface area contributed by atoms with Crippen LogP contribution in [0.15, 0.2) is 23.3 Å². The third-order valence-electron chi connectivity index (χ3n) is 6.16. The molecule has 0 saturated heterocycles. The van der Waals surface area contributed by atoms with Gasteiger partial charge in [-0.15, -0.1) is 0 Å². The second-order valence-corrected chi connectivity index (χ2v) is 7.28. The highest BCUT2D eigenvalue weighted by atomic mass is 14.4. The van der Waals surface area contributed by atoms with Crippen LogP contribution in [-0.2, 0) is 19.3 Å². The van der Waals surface area contributed by atoms with Crippen LogP contribution in [0.3, 0.4) is 0 Å². The fraction of sp³-hybridized carbons (Fsp3) is 0.524. The Morgan fingerprint density at radius 3 is 2.67 bits per heavy atom. The van der Waals surface area contributed by atoms with E-state index in [1.165, 1.54) is 37.7 Å². The molecule has 2 atom stereocenters. The average Bonchev–Trinajstić information content (AvgIpc) is 2.48. The topological polar surface area (TPSA) is 0 Å². The predicted octanol–water partition coefficient (Wildman–Crippen LogP) is 5.42. The van der Waals surface area contributed by atoms with Crippen LogP contribution in [0.1, 0.15) is 61.4 Å². The Morgan fingerprint density at radius 1 is 1.10 bits per heavy atom. The first-order chi connectivity index (χ1) is 10.1. The first kappa shape index (κ1) is 13.4. The van der Waals surface area contributed by atoms with Crippen molar-refractivity contribution in [1.29, 1.82) is 0 Å². The molecule has 0 fully saturated rings. The molecular weight excluding hydrogens is 252 g/mol. The SMILES string of the molecule is CCc1cc(C)c2c3c1CCC1=C3C(CC2)C(C)C=C1C. The van der Waals surface area contributed by atoms with E-state index in [-0.39, 0.29) is 0 Å². The van der Waals surface area contributed by atoms with Crippen molar-refractivity contribution in [1.82, 2.24) is 0 Å². The van der Waals surface area contributed by atoms with Crippen molar-refractivity contribution in [2.75, 3.05) is 0 Å². The molecule has 0 heterocycles. The van der Waals surface area contributed by atoms with Gasteiger partial charge in [-0.25, -0.2) is 0 Å². The average molecular weight is 278 g/mol. The zero-order valence-electron chi connectivity index (χ0n) is 13.8. The van der Waals surface area contributed by atoms with Crippen molar-refractivity contribution in [3.63, 3.8) is 0 Å². The van der Waals surface area contributed by atoms with Crippen LogP contribution < -0.4 is 0 Å². The lowest BCUT2D eigenvalue weighted by Gasteiger charge is -2.42. The molecule has 21 heavy (non-hydrogen) atoms. The molecule has 0 spiro atoms. The quantitative estimate of drug-likeness (QED) is 0.644. The molecule has 110 valence electrons. The summed E-state index contributed by atoms with van der Waals surface area (Å²) in [5.74, 6) is 1.50. The van der Waals surface area contributed by atoms with E-state index in [0.29, 0.717) is 5.92 Å². The number of allylic oxidation sites excluding steroid dienone is 4. The minimum atomic E-state index is 0.716. The Labute approximate surface area is 129 Å². The third kappa shape index (κ3) is 1.74. The van der Waals surface area contributed by atoms with Crippen LogP contribution in [0, 0.1) is 18.8 Å². The number of aryl methyl sites for hydroxylation is 2. The van der Waals surface area contributed by atoms with Crippen LogP contribution in [0.25, 0.3) is 5.57 Å². The first-order valence-electron chi connectivity index (χ1n) is 8.68. The molecule has 0 heteroatoms. The number of rotatable bonds is 1. The van der Waals surface area contributed by atoms with E-state index in [1.54, 1.807) is 39.0 Å². The van der Waals surface area contributed by atoms with Crippen LogP contribution in [-0.4, -0.2) is 0 Å². The largest absolute Gasteiger partial charge is 0.0779 e. The summed E-state index contributed by atoms with van der Waals surface area (Å²) in [5.41, 5.74) is 13.2. The smallest absolute Gasteiger partial charge is 0.00893 e. The Bertz CT molecular complexity index is 684. The molecule has 0 N–H and O–H groups in total. The fourth-order valence-corrected chi connectivity index (χ4v) is 5.16. The molecular formula is C21H26. The second kappa shape index (κ2) is 4.60. The first-order valence-corrected chi connectivity index (χ1v) is 8.68. The van der Waals surface area contributed by atoms with E-state index >= 15 is 0 Å². The molecule has 4 rings (SSSR count). The summed E-state index contributed by atoms with van der Waals surface area (Å²) in [7, 11) is 0. The van der Waals surface area contributed by atoms with Gasteiger partial charge in [0.25, 0.3) is 0 Å². The second-order valence-electron chi connectivity index (χ2n) is 7.28. The fourth-order valence-electron chi connectivity index (χ4n) is 5.16. The standard InChI is InChI=1S/C21H26/c1-5-15-11-14(4)18-7-6-16-12(2)10-13(3)17-8-9-19(15)21(18)20(16)17/h10-12,16H,5-9H2,1-4H3. The Morgan fingerprint density at radius 2 is 1.90 bits per heavy atom. The lowest BCUT2D eigenvalue weighted by Crippen LogP contribution is -2.28. The van der Waals surface area contributed by atoms with Crippen molar-refractivity contribution >= 4 is 5.57 Å². The van der Waals surface area contributed by atoms with E-state index < -0.39 is 0 Å². The molecule has 0 bridgehead atoms. The van der Waals surface area contributed by atoms with Gasteiger partial charge in [-0.3, -0.25) is 0 Å². The van der Waals surface area contributed by atoms with E-state index in [2.05, 4.69) is 39.8 Å². The number of hydrogen-bond donors (Lipinski definition) is 0. The molecule has 2 unspecified atom stereocenters. The minimum absolute atomic E-state index is 0.716. The molecule has 0 nitrogen and oxygen atoms in total. The lowest BCUT2D eigenvalue weighted by molar-refractivity contribution is 0.464. The molecule has 0 amide bonds. The van der Waals surface area contributed by atoms with Crippen LogP contribution in [0.2, 0.25) is 0 Å². The summed E-state index contributed by atoms with van der Waals surface area (Å²) >= 11 is 0. The Balaban J connectivity index is 2.05. The molecule has 1 aromatic carbocycles. The van der Waals surface area contributed by atoms with Crippen LogP contribution in [0.5, 0.6) is 0 Å². The van der Waals surface area contributed by atoms with Gasteiger partial charge in [-0.2, -0.15) is 0 Å². The van der Waals surface area contributed by atoms with Crippen LogP contribution >= 0.6 is 0 Å². The van der Waals surface area contributed by atoms with E-state index in [1.807, 2.05) is 0 Å². The normalized spacial score (nSPS) is 26.6. The van der Waals surface area contributed by atoms with Gasteiger partial charge in [-0.05, 0) is 96.8 Å². The van der Waals surface area contributed by atoms with E-state index in [4.69, 9.17) is 0 Å². The highest BCUT2D eigenvalue weighted by molar-refractivity contribution is 5.83. The van der Waals surface area contributed by atoms with E-state index in [0.717, 1.165) is 5.92 Å². The van der Waals surface area contributed by atoms with Gasteiger partial charge in [0, 0.05) is 0 Å². The van der Waals surface area contributed by atoms with Gasteiger partial charge in [0.2, 0.25) is 0 Å². The molecule has 3 aliphatic rings. The van der Waals surface area contributed by atoms with Crippen molar-refractivity contribution in [2.45, 2.75) is 59.8 Å². The molecule has 0 aliphatic heterocycles. The van der Waals surface area contributed by atoms with Gasteiger partial charge in [-0.1, -0.05) is 31.6 Å². The molecule has 0 aromatic heterocycles. The van der Waals surface area contributed by atoms with Gasteiger partial charge >= 0.3 is 0 Å². The summed E-state index contributed by atoms with van der Waals surface area (Å²) in [4.78, 5) is 0. The number of benzene rings is 1.